The van der Waals surface area contributed by atoms with Crippen LogP contribution in [0.25, 0.3) is 0 Å². The van der Waals surface area contributed by atoms with Gasteiger partial charge in [-0.25, -0.2) is 4.39 Å². The highest BCUT2D eigenvalue weighted by atomic mass is 35.5. The number of amides is 1. The molecule has 2 rings (SSSR count). The van der Waals surface area contributed by atoms with Gasteiger partial charge in [0.2, 0.25) is 0 Å². The van der Waals surface area contributed by atoms with Gasteiger partial charge < -0.3 is 10.1 Å². The topological polar surface area (TPSA) is 38.3 Å². The number of carbonyl (C=O) groups is 1. The number of rotatable bonds is 6. The van der Waals surface area contributed by atoms with E-state index in [2.05, 4.69) is 5.32 Å². The van der Waals surface area contributed by atoms with Crippen molar-refractivity contribution in [1.29, 1.82) is 0 Å². The third kappa shape index (κ3) is 5.57. The van der Waals surface area contributed by atoms with Gasteiger partial charge in [0, 0.05) is 12.6 Å². The molecule has 2 aromatic rings. The molecule has 0 aromatic heterocycles. The third-order valence-corrected chi connectivity index (χ3v) is 4.00. The molecule has 0 radical (unpaired) electrons. The second kappa shape index (κ2) is 8.39. The van der Waals surface area contributed by atoms with E-state index in [1.165, 1.54) is 24.3 Å². The lowest BCUT2D eigenvalue weighted by atomic mass is 10.1. The van der Waals surface area contributed by atoms with Crippen molar-refractivity contribution in [1.82, 2.24) is 5.32 Å². The Labute approximate surface area is 148 Å². The van der Waals surface area contributed by atoms with Crippen LogP contribution >= 0.6 is 34.8 Å². The summed E-state index contributed by atoms with van der Waals surface area (Å²) < 4.78 is 18.1. The average Bonchev–Trinajstić information content (AvgIpc) is 2.51. The van der Waals surface area contributed by atoms with Crippen molar-refractivity contribution < 1.29 is 13.9 Å². The van der Waals surface area contributed by atoms with Gasteiger partial charge >= 0.3 is 0 Å². The molecule has 7 heteroatoms. The van der Waals surface area contributed by atoms with Gasteiger partial charge in [-0.05, 0) is 30.2 Å². The predicted octanol–water partition coefficient (Wildman–Crippen LogP) is 4.52. The summed E-state index contributed by atoms with van der Waals surface area (Å²) in [5, 5.41) is 3.59. The van der Waals surface area contributed by atoms with Crippen LogP contribution in [0.1, 0.15) is 5.56 Å². The van der Waals surface area contributed by atoms with Crippen LogP contribution in [-0.2, 0) is 11.2 Å². The van der Waals surface area contributed by atoms with Crippen molar-refractivity contribution in [3.63, 3.8) is 0 Å². The Bertz CT molecular complexity index is 692. The molecule has 1 N–H and O–H groups in total. The van der Waals surface area contributed by atoms with Crippen molar-refractivity contribution in [3.8, 4) is 5.75 Å². The number of hydrogen-bond acceptors (Lipinski definition) is 2. The molecule has 0 spiro atoms. The Hall–Kier alpha value is -1.49. The van der Waals surface area contributed by atoms with E-state index in [0.717, 1.165) is 5.56 Å². The smallest absolute Gasteiger partial charge is 0.257 e. The Balaban J connectivity index is 1.77. The van der Waals surface area contributed by atoms with E-state index in [-0.39, 0.29) is 29.1 Å². The molecule has 122 valence electrons. The molecule has 0 aliphatic carbocycles. The molecule has 3 nitrogen and oxygen atoms in total. The van der Waals surface area contributed by atoms with Gasteiger partial charge in [-0.2, -0.15) is 0 Å². The van der Waals surface area contributed by atoms with E-state index in [0.29, 0.717) is 23.0 Å². The standard InChI is InChI=1S/C16H13Cl3FNO2/c17-12-7-14(19)15(8-13(12)18)23-9-16(22)21-6-5-10-1-3-11(20)4-2-10/h1-4,7-8H,5-6,9H2,(H,21,22). The van der Waals surface area contributed by atoms with Crippen LogP contribution in [0, 0.1) is 5.82 Å². The maximum atomic E-state index is 12.8. The zero-order valence-corrected chi connectivity index (χ0v) is 14.2. The first-order chi connectivity index (χ1) is 11.0. The van der Waals surface area contributed by atoms with Crippen molar-refractivity contribution in [3.05, 3.63) is 62.8 Å². The molecule has 0 fully saturated rings. The van der Waals surface area contributed by atoms with Gasteiger partial charge in [-0.1, -0.05) is 46.9 Å². The second-order valence-corrected chi connectivity index (χ2v) is 5.93. The SMILES string of the molecule is O=C(COc1cc(Cl)c(Cl)cc1Cl)NCCc1ccc(F)cc1. The van der Waals surface area contributed by atoms with E-state index in [9.17, 15) is 9.18 Å². The first kappa shape index (κ1) is 17.9. The number of halogens is 4. The van der Waals surface area contributed by atoms with Crippen molar-refractivity contribution in [2.45, 2.75) is 6.42 Å². The zero-order chi connectivity index (χ0) is 16.8. The fourth-order valence-corrected chi connectivity index (χ4v) is 2.40. The molecule has 23 heavy (non-hydrogen) atoms. The van der Waals surface area contributed by atoms with Crippen molar-refractivity contribution in [2.75, 3.05) is 13.2 Å². The third-order valence-electron chi connectivity index (χ3n) is 2.98. The largest absolute Gasteiger partial charge is 0.482 e. The van der Waals surface area contributed by atoms with E-state index in [4.69, 9.17) is 39.5 Å². The van der Waals surface area contributed by atoms with Crippen LogP contribution in [0.2, 0.25) is 15.1 Å². The van der Waals surface area contributed by atoms with Crippen LogP contribution in [0.5, 0.6) is 5.75 Å². The fraction of sp³-hybridized carbons (Fsp3) is 0.188. The summed E-state index contributed by atoms with van der Waals surface area (Å²) in [7, 11) is 0. The highest BCUT2D eigenvalue weighted by Crippen LogP contribution is 2.33. The molecular weight excluding hydrogens is 364 g/mol. The second-order valence-electron chi connectivity index (χ2n) is 4.71. The summed E-state index contributed by atoms with van der Waals surface area (Å²) in [5.41, 5.74) is 0.931. The molecular formula is C16H13Cl3FNO2. The lowest BCUT2D eigenvalue weighted by Gasteiger charge is -2.10. The van der Waals surface area contributed by atoms with Gasteiger partial charge in [-0.3, -0.25) is 4.79 Å². The normalized spacial score (nSPS) is 10.4. The monoisotopic (exact) mass is 375 g/mol. The summed E-state index contributed by atoms with van der Waals surface area (Å²) in [6.07, 6.45) is 0.597. The highest BCUT2D eigenvalue weighted by Gasteiger charge is 2.09. The molecule has 0 saturated carbocycles. The highest BCUT2D eigenvalue weighted by molar-refractivity contribution is 6.43. The van der Waals surface area contributed by atoms with Gasteiger partial charge in [0.1, 0.15) is 11.6 Å². The van der Waals surface area contributed by atoms with E-state index >= 15 is 0 Å². The Morgan fingerprint density at radius 2 is 1.70 bits per heavy atom. The van der Waals surface area contributed by atoms with Crippen LogP contribution < -0.4 is 10.1 Å². The summed E-state index contributed by atoms with van der Waals surface area (Å²) in [5.74, 6) is -0.298. The lowest BCUT2D eigenvalue weighted by molar-refractivity contribution is -0.123. The van der Waals surface area contributed by atoms with Gasteiger partial charge in [0.15, 0.2) is 6.61 Å². The Morgan fingerprint density at radius 1 is 1.04 bits per heavy atom. The molecule has 0 saturated heterocycles. The average molecular weight is 377 g/mol. The number of carbonyl (C=O) groups excluding carboxylic acids is 1. The van der Waals surface area contributed by atoms with Crippen molar-refractivity contribution in [2.24, 2.45) is 0 Å². The summed E-state index contributed by atoms with van der Waals surface area (Å²) in [6, 6.07) is 9.02. The number of benzene rings is 2. The fourth-order valence-electron chi connectivity index (χ4n) is 1.81. The molecule has 0 atom stereocenters. The maximum Gasteiger partial charge on any atom is 0.257 e. The number of nitrogens with one attached hydrogen (secondary N) is 1. The molecule has 0 aliphatic rings. The lowest BCUT2D eigenvalue weighted by Crippen LogP contribution is -2.30. The number of ether oxygens (including phenoxy) is 1. The van der Waals surface area contributed by atoms with Crippen LogP contribution in [-0.4, -0.2) is 19.1 Å². The summed E-state index contributed by atoms with van der Waals surface area (Å²) in [6.45, 7) is 0.226. The molecule has 1 amide bonds. The van der Waals surface area contributed by atoms with Gasteiger partial charge in [-0.15, -0.1) is 0 Å². The molecule has 0 bridgehead atoms. The predicted molar refractivity (Wildman–Crippen MR) is 90.1 cm³/mol. The van der Waals surface area contributed by atoms with E-state index in [1.54, 1.807) is 12.1 Å². The Kier molecular flexibility index (Phi) is 6.51. The maximum absolute atomic E-state index is 12.8. The molecule has 2 aromatic carbocycles. The van der Waals surface area contributed by atoms with Crippen LogP contribution in [0.4, 0.5) is 4.39 Å². The van der Waals surface area contributed by atoms with Crippen molar-refractivity contribution >= 4 is 40.7 Å². The minimum absolute atomic E-state index is 0.193. The summed E-state index contributed by atoms with van der Waals surface area (Å²) in [4.78, 5) is 11.7. The van der Waals surface area contributed by atoms with E-state index < -0.39 is 0 Å². The van der Waals surface area contributed by atoms with Gasteiger partial charge in [0.25, 0.3) is 5.91 Å². The molecule has 0 heterocycles. The first-order valence-electron chi connectivity index (χ1n) is 6.74. The minimum atomic E-state index is -0.297. The number of hydrogen-bond donors (Lipinski definition) is 1. The minimum Gasteiger partial charge on any atom is -0.482 e. The van der Waals surface area contributed by atoms with Gasteiger partial charge in [0.05, 0.1) is 15.1 Å². The Morgan fingerprint density at radius 3 is 2.39 bits per heavy atom. The zero-order valence-electron chi connectivity index (χ0n) is 11.9. The molecule has 0 unspecified atom stereocenters. The van der Waals surface area contributed by atoms with Crippen LogP contribution in [0.15, 0.2) is 36.4 Å². The summed E-state index contributed by atoms with van der Waals surface area (Å²) >= 11 is 17.6. The van der Waals surface area contributed by atoms with Crippen LogP contribution in [0.3, 0.4) is 0 Å². The first-order valence-corrected chi connectivity index (χ1v) is 7.87. The quantitative estimate of drug-likeness (QED) is 0.753. The molecule has 0 aliphatic heterocycles. The van der Waals surface area contributed by atoms with E-state index in [1.807, 2.05) is 0 Å².